The lowest BCUT2D eigenvalue weighted by atomic mass is 10.0. The Labute approximate surface area is 121 Å². The van der Waals surface area contributed by atoms with E-state index in [1.165, 1.54) is 0 Å². The minimum absolute atomic E-state index is 0.228. The highest BCUT2D eigenvalue weighted by atomic mass is 16.7. The molecule has 0 amide bonds. The molecule has 1 aliphatic rings. The first-order valence-electron chi connectivity index (χ1n) is 7.20. The van der Waals surface area contributed by atoms with E-state index in [4.69, 9.17) is 9.47 Å². The molecule has 0 atom stereocenters. The summed E-state index contributed by atoms with van der Waals surface area (Å²) in [7, 11) is 0. The van der Waals surface area contributed by atoms with Gasteiger partial charge in [0.05, 0.1) is 13.2 Å². The Kier molecular flexibility index (Phi) is 5.86. The van der Waals surface area contributed by atoms with Gasteiger partial charge in [-0.05, 0) is 38.3 Å². The average molecular weight is 270 g/mol. The third-order valence-corrected chi connectivity index (χ3v) is 3.44. The largest absolute Gasteiger partial charge is 0.348 e. The van der Waals surface area contributed by atoms with E-state index in [0.717, 1.165) is 43.6 Å². The second-order valence-electron chi connectivity index (χ2n) is 5.08. The molecule has 0 N–H and O–H groups in total. The van der Waals surface area contributed by atoms with Gasteiger partial charge in [0.15, 0.2) is 6.29 Å². The van der Waals surface area contributed by atoms with Crippen LogP contribution in [0.15, 0.2) is 36.9 Å². The van der Waals surface area contributed by atoms with Crippen molar-refractivity contribution in [2.45, 2.75) is 32.5 Å². The Morgan fingerprint density at radius 3 is 2.55 bits per heavy atom. The molecule has 1 saturated heterocycles. The molecule has 0 spiro atoms. The summed E-state index contributed by atoms with van der Waals surface area (Å²) in [6, 6.07) is 8.08. The molecule has 1 aromatic rings. The van der Waals surface area contributed by atoms with Gasteiger partial charge in [-0.1, -0.05) is 24.1 Å². The predicted molar refractivity (Wildman–Crippen MR) is 81.2 cm³/mol. The Hall–Kier alpha value is -1.56. The van der Waals surface area contributed by atoms with E-state index >= 15 is 0 Å². The fourth-order valence-corrected chi connectivity index (χ4v) is 2.32. The van der Waals surface area contributed by atoms with Crippen LogP contribution >= 0.6 is 0 Å². The molecule has 2 rings (SSSR count). The smallest absolute Gasteiger partial charge is 0.183 e. The van der Waals surface area contributed by atoms with E-state index in [2.05, 4.69) is 18.4 Å². The summed E-state index contributed by atoms with van der Waals surface area (Å²) in [5, 5.41) is 0. The molecule has 106 valence electrons. The summed E-state index contributed by atoms with van der Waals surface area (Å²) in [6.07, 6.45) is 5.11. The molecule has 0 aliphatic carbocycles. The van der Waals surface area contributed by atoms with E-state index in [1.54, 1.807) is 0 Å². The van der Waals surface area contributed by atoms with E-state index in [-0.39, 0.29) is 6.29 Å². The van der Waals surface area contributed by atoms with Crippen molar-refractivity contribution in [1.29, 1.82) is 0 Å². The van der Waals surface area contributed by atoms with E-state index in [0.29, 0.717) is 5.92 Å². The second kappa shape index (κ2) is 7.89. The van der Waals surface area contributed by atoms with Crippen LogP contribution in [0.25, 0.3) is 0 Å². The zero-order valence-electron chi connectivity index (χ0n) is 12.1. The minimum atomic E-state index is -0.228. The third kappa shape index (κ3) is 4.23. The Bertz CT molecular complexity index is 470. The van der Waals surface area contributed by atoms with Crippen LogP contribution in [-0.2, 0) is 9.47 Å². The summed E-state index contributed by atoms with van der Waals surface area (Å²) in [4.78, 5) is 0. The Balaban J connectivity index is 1.83. The lowest BCUT2D eigenvalue weighted by molar-refractivity contribution is -0.206. The molecule has 0 saturated carbocycles. The monoisotopic (exact) mass is 270 g/mol. The van der Waals surface area contributed by atoms with Gasteiger partial charge in [-0.15, -0.1) is 12.5 Å². The van der Waals surface area contributed by atoms with Gasteiger partial charge >= 0.3 is 0 Å². The number of rotatable bonds is 5. The van der Waals surface area contributed by atoms with Crippen molar-refractivity contribution in [1.82, 2.24) is 0 Å². The lowest BCUT2D eigenvalue weighted by Gasteiger charge is -2.29. The first kappa shape index (κ1) is 14.8. The van der Waals surface area contributed by atoms with Crippen molar-refractivity contribution in [3.05, 3.63) is 48.0 Å². The topological polar surface area (TPSA) is 18.5 Å². The molecule has 2 heteroatoms. The minimum Gasteiger partial charge on any atom is -0.348 e. The second-order valence-corrected chi connectivity index (χ2v) is 5.08. The molecule has 0 bridgehead atoms. The molecule has 20 heavy (non-hydrogen) atoms. The summed E-state index contributed by atoms with van der Waals surface area (Å²) in [6.45, 7) is 7.14. The van der Waals surface area contributed by atoms with Crippen molar-refractivity contribution in [3.8, 4) is 11.8 Å². The van der Waals surface area contributed by atoms with Gasteiger partial charge in [-0.2, -0.15) is 0 Å². The van der Waals surface area contributed by atoms with Gasteiger partial charge in [0.25, 0.3) is 0 Å². The van der Waals surface area contributed by atoms with Crippen molar-refractivity contribution in [2.24, 2.45) is 5.92 Å². The van der Waals surface area contributed by atoms with Crippen LogP contribution in [0.1, 0.15) is 43.6 Å². The van der Waals surface area contributed by atoms with Crippen molar-refractivity contribution in [3.63, 3.8) is 0 Å². The van der Waals surface area contributed by atoms with Crippen LogP contribution in [0.4, 0.5) is 0 Å². The Morgan fingerprint density at radius 2 is 1.95 bits per heavy atom. The molecule has 1 fully saturated rings. The SMILES string of the molecule is C=CCCCC1COC(c2ccc(C#CC)cc2)OC1. The maximum Gasteiger partial charge on any atom is 0.183 e. The number of ether oxygens (including phenoxy) is 2. The molecular weight excluding hydrogens is 248 g/mol. The van der Waals surface area contributed by atoms with Gasteiger partial charge in [-0.3, -0.25) is 0 Å². The molecule has 1 aromatic carbocycles. The van der Waals surface area contributed by atoms with Crippen LogP contribution in [0, 0.1) is 17.8 Å². The highest BCUT2D eigenvalue weighted by molar-refractivity contribution is 5.36. The zero-order valence-corrected chi connectivity index (χ0v) is 12.1. The third-order valence-electron chi connectivity index (χ3n) is 3.44. The van der Waals surface area contributed by atoms with Gasteiger partial charge in [0.2, 0.25) is 0 Å². The van der Waals surface area contributed by atoms with Gasteiger partial charge < -0.3 is 9.47 Å². The summed E-state index contributed by atoms with van der Waals surface area (Å²) < 4.78 is 11.6. The zero-order chi connectivity index (χ0) is 14.2. The van der Waals surface area contributed by atoms with E-state index in [9.17, 15) is 0 Å². The van der Waals surface area contributed by atoms with Crippen LogP contribution in [0.3, 0.4) is 0 Å². The van der Waals surface area contributed by atoms with E-state index in [1.807, 2.05) is 37.3 Å². The van der Waals surface area contributed by atoms with Crippen molar-refractivity contribution >= 4 is 0 Å². The molecule has 0 radical (unpaired) electrons. The molecule has 2 nitrogen and oxygen atoms in total. The maximum atomic E-state index is 5.82. The van der Waals surface area contributed by atoms with Gasteiger partial charge in [0.1, 0.15) is 0 Å². The fourth-order valence-electron chi connectivity index (χ4n) is 2.32. The van der Waals surface area contributed by atoms with Crippen LogP contribution < -0.4 is 0 Å². The van der Waals surface area contributed by atoms with Crippen LogP contribution in [0.2, 0.25) is 0 Å². The standard InChI is InChI=1S/C18H22O2/c1-3-5-6-8-16-13-19-18(20-14-16)17-11-9-15(7-4-2)10-12-17/h3,9-12,16,18H,1,5-6,8,13-14H2,2H3. The molecule has 1 aliphatic heterocycles. The van der Waals surface area contributed by atoms with Crippen molar-refractivity contribution in [2.75, 3.05) is 13.2 Å². The highest BCUT2D eigenvalue weighted by Crippen LogP contribution is 2.27. The summed E-state index contributed by atoms with van der Waals surface area (Å²) >= 11 is 0. The maximum absolute atomic E-state index is 5.82. The fraction of sp³-hybridized carbons (Fsp3) is 0.444. The molecular formula is C18H22O2. The molecule has 0 unspecified atom stereocenters. The molecule has 1 heterocycles. The summed E-state index contributed by atoms with van der Waals surface area (Å²) in [5.41, 5.74) is 2.09. The first-order chi connectivity index (χ1) is 9.83. The van der Waals surface area contributed by atoms with E-state index < -0.39 is 0 Å². The van der Waals surface area contributed by atoms with Gasteiger partial charge in [-0.25, -0.2) is 0 Å². The van der Waals surface area contributed by atoms with Crippen molar-refractivity contribution < 1.29 is 9.47 Å². The normalized spacial score (nSPS) is 21.9. The summed E-state index contributed by atoms with van der Waals surface area (Å²) in [5.74, 6) is 6.44. The molecule has 0 aromatic heterocycles. The number of hydrogen-bond donors (Lipinski definition) is 0. The number of hydrogen-bond acceptors (Lipinski definition) is 2. The highest BCUT2D eigenvalue weighted by Gasteiger charge is 2.22. The van der Waals surface area contributed by atoms with Gasteiger partial charge in [0, 0.05) is 17.0 Å². The van der Waals surface area contributed by atoms with Crippen LogP contribution in [0.5, 0.6) is 0 Å². The van der Waals surface area contributed by atoms with Crippen LogP contribution in [-0.4, -0.2) is 13.2 Å². The average Bonchev–Trinajstić information content (AvgIpc) is 2.49. The number of allylic oxidation sites excluding steroid dienone is 1. The number of unbranched alkanes of at least 4 members (excludes halogenated alkanes) is 1. The predicted octanol–water partition coefficient (Wildman–Crippen LogP) is 4.08. The Morgan fingerprint density at radius 1 is 1.25 bits per heavy atom. The quantitative estimate of drug-likeness (QED) is 0.456. The lowest BCUT2D eigenvalue weighted by Crippen LogP contribution is -2.27. The first-order valence-corrected chi connectivity index (χ1v) is 7.20. The number of benzene rings is 1.